The molecule has 124 valence electrons. The minimum atomic E-state index is -1.13. The number of nitrogens with one attached hydrogen (secondary N) is 1. The second kappa shape index (κ2) is 6.53. The third-order valence-corrected chi connectivity index (χ3v) is 3.33. The summed E-state index contributed by atoms with van der Waals surface area (Å²) in [6.45, 7) is 4.06. The number of carboxylic acids is 1. The number of benzene rings is 1. The van der Waals surface area contributed by atoms with E-state index >= 15 is 0 Å². The highest BCUT2D eigenvalue weighted by molar-refractivity contribution is 5.99. The smallest absolute Gasteiger partial charge is 0.343 e. The van der Waals surface area contributed by atoms with Crippen molar-refractivity contribution in [2.24, 2.45) is 0 Å². The summed E-state index contributed by atoms with van der Waals surface area (Å²) in [6.07, 6.45) is 0. The van der Waals surface area contributed by atoms with Crippen LogP contribution in [0.15, 0.2) is 39.4 Å². The van der Waals surface area contributed by atoms with Crippen LogP contribution < -0.4 is 5.32 Å². The van der Waals surface area contributed by atoms with E-state index in [-0.39, 0.29) is 29.6 Å². The first kappa shape index (κ1) is 15.7. The van der Waals surface area contributed by atoms with E-state index in [2.05, 4.69) is 20.6 Å². The van der Waals surface area contributed by atoms with Gasteiger partial charge in [-0.25, -0.2) is 4.79 Å². The zero-order valence-corrected chi connectivity index (χ0v) is 13.2. The molecule has 3 aromatic rings. The Morgan fingerprint density at radius 1 is 1.21 bits per heavy atom. The van der Waals surface area contributed by atoms with Crippen molar-refractivity contribution < 1.29 is 18.9 Å². The number of rotatable bonds is 6. The molecule has 0 fully saturated rings. The highest BCUT2D eigenvalue weighted by Crippen LogP contribution is 2.29. The van der Waals surface area contributed by atoms with Crippen LogP contribution in [-0.4, -0.2) is 26.4 Å². The minimum absolute atomic E-state index is 0.0335. The van der Waals surface area contributed by atoms with Crippen LogP contribution >= 0.6 is 0 Å². The topological polar surface area (TPSA) is 114 Å². The number of carboxylic acid groups (broad SMARTS) is 1. The fourth-order valence-electron chi connectivity index (χ4n) is 2.13. The first-order chi connectivity index (χ1) is 11.6. The van der Waals surface area contributed by atoms with E-state index in [0.717, 1.165) is 0 Å². The monoisotopic (exact) mass is 328 g/mol. The molecule has 0 bridgehead atoms. The second-order valence-electron chi connectivity index (χ2n) is 5.46. The number of hydrogen-bond acceptors (Lipinski definition) is 7. The number of carbonyl (C=O) groups is 1. The molecule has 0 unspecified atom stereocenters. The molecule has 8 heteroatoms. The first-order valence-corrected chi connectivity index (χ1v) is 7.41. The highest BCUT2D eigenvalue weighted by atomic mass is 16.5. The van der Waals surface area contributed by atoms with Gasteiger partial charge in [0, 0.05) is 11.5 Å². The van der Waals surface area contributed by atoms with Gasteiger partial charge in [0.2, 0.25) is 5.89 Å². The largest absolute Gasteiger partial charge is 0.477 e. The van der Waals surface area contributed by atoms with Crippen LogP contribution in [0.4, 0.5) is 5.82 Å². The van der Waals surface area contributed by atoms with Crippen molar-refractivity contribution in [3.8, 4) is 11.3 Å². The van der Waals surface area contributed by atoms with Crippen molar-refractivity contribution in [1.82, 2.24) is 15.3 Å². The lowest BCUT2D eigenvalue weighted by Crippen LogP contribution is -2.07. The molecule has 2 N–H and O–H groups in total. The molecule has 2 aromatic heterocycles. The third kappa shape index (κ3) is 3.12. The Hall–Kier alpha value is -3.16. The molecule has 8 nitrogen and oxygen atoms in total. The molecule has 0 radical (unpaired) electrons. The van der Waals surface area contributed by atoms with Gasteiger partial charge in [-0.3, -0.25) is 0 Å². The lowest BCUT2D eigenvalue weighted by atomic mass is 10.1. The van der Waals surface area contributed by atoms with Gasteiger partial charge < -0.3 is 19.5 Å². The van der Waals surface area contributed by atoms with E-state index in [0.29, 0.717) is 17.3 Å². The molecule has 0 saturated heterocycles. The predicted octanol–water partition coefficient (Wildman–Crippen LogP) is 3.16. The van der Waals surface area contributed by atoms with E-state index in [1.165, 1.54) is 0 Å². The van der Waals surface area contributed by atoms with E-state index < -0.39 is 5.97 Å². The molecular formula is C16H16N4O4. The van der Waals surface area contributed by atoms with Crippen molar-refractivity contribution in [3.63, 3.8) is 0 Å². The summed E-state index contributed by atoms with van der Waals surface area (Å²) >= 11 is 0. The summed E-state index contributed by atoms with van der Waals surface area (Å²) in [4.78, 5) is 15.8. The normalized spacial score (nSPS) is 11.0. The summed E-state index contributed by atoms with van der Waals surface area (Å²) in [5.74, 6) is 0.250. The molecule has 0 aliphatic carbocycles. The molecule has 24 heavy (non-hydrogen) atoms. The molecule has 0 atom stereocenters. The maximum Gasteiger partial charge on any atom is 0.343 e. The Morgan fingerprint density at radius 3 is 2.58 bits per heavy atom. The number of aromatic nitrogens is 3. The molecule has 0 amide bonds. The molecule has 3 rings (SSSR count). The van der Waals surface area contributed by atoms with Crippen LogP contribution in [0.25, 0.3) is 11.3 Å². The van der Waals surface area contributed by atoms with Crippen LogP contribution in [0.2, 0.25) is 0 Å². The minimum Gasteiger partial charge on any atom is -0.477 e. The summed E-state index contributed by atoms with van der Waals surface area (Å²) in [5.41, 5.74) is 0.603. The van der Waals surface area contributed by atoms with Crippen LogP contribution in [0.1, 0.15) is 41.8 Å². The zero-order valence-electron chi connectivity index (χ0n) is 13.2. The Morgan fingerprint density at radius 2 is 1.96 bits per heavy atom. The SMILES string of the molecule is CC(C)c1nc(CNc2noc(-c3ccccc3)c2C(=O)O)no1. The van der Waals surface area contributed by atoms with E-state index in [1.54, 1.807) is 24.3 Å². The van der Waals surface area contributed by atoms with Gasteiger partial charge in [0.05, 0.1) is 6.54 Å². The molecular weight excluding hydrogens is 312 g/mol. The molecule has 0 saturated carbocycles. The molecule has 0 spiro atoms. The van der Waals surface area contributed by atoms with Gasteiger partial charge in [-0.15, -0.1) is 0 Å². The number of aromatic carboxylic acids is 1. The standard InChI is InChI=1S/C16H16N4O4/c1-9(2)15-18-11(19-24-15)8-17-14-12(16(21)22)13(23-20-14)10-6-4-3-5-7-10/h3-7,9H,8H2,1-2H3,(H,17,20)(H,21,22). The van der Waals surface area contributed by atoms with Gasteiger partial charge >= 0.3 is 5.97 Å². The van der Waals surface area contributed by atoms with Gasteiger partial charge in [0.25, 0.3) is 0 Å². The van der Waals surface area contributed by atoms with Crippen molar-refractivity contribution >= 4 is 11.8 Å². The summed E-state index contributed by atoms with van der Waals surface area (Å²) in [7, 11) is 0. The Labute approximate surface area is 137 Å². The van der Waals surface area contributed by atoms with Crippen molar-refractivity contribution in [1.29, 1.82) is 0 Å². The summed E-state index contributed by atoms with van der Waals surface area (Å²) in [6, 6.07) is 8.93. The average Bonchev–Trinajstić information content (AvgIpc) is 3.20. The van der Waals surface area contributed by atoms with Gasteiger partial charge in [-0.05, 0) is 0 Å². The van der Waals surface area contributed by atoms with Gasteiger partial charge in [0.1, 0.15) is 0 Å². The lowest BCUT2D eigenvalue weighted by Gasteiger charge is -2.01. The average molecular weight is 328 g/mol. The van der Waals surface area contributed by atoms with E-state index in [1.807, 2.05) is 19.9 Å². The van der Waals surface area contributed by atoms with Crippen molar-refractivity contribution in [2.75, 3.05) is 5.32 Å². The van der Waals surface area contributed by atoms with Crippen LogP contribution in [0.5, 0.6) is 0 Å². The fourth-order valence-corrected chi connectivity index (χ4v) is 2.13. The number of nitrogens with zero attached hydrogens (tertiary/aromatic N) is 3. The van der Waals surface area contributed by atoms with E-state index in [9.17, 15) is 9.90 Å². The Bertz CT molecular complexity index is 839. The summed E-state index contributed by atoms with van der Waals surface area (Å²) < 4.78 is 10.3. The number of anilines is 1. The lowest BCUT2D eigenvalue weighted by molar-refractivity contribution is 0.0698. The Kier molecular flexibility index (Phi) is 4.28. The van der Waals surface area contributed by atoms with E-state index in [4.69, 9.17) is 9.05 Å². The molecule has 0 aliphatic rings. The van der Waals surface area contributed by atoms with Gasteiger partial charge in [-0.1, -0.05) is 54.5 Å². The quantitative estimate of drug-likeness (QED) is 0.709. The maximum atomic E-state index is 11.6. The van der Waals surface area contributed by atoms with Crippen molar-refractivity contribution in [3.05, 3.63) is 47.6 Å². The maximum absolute atomic E-state index is 11.6. The van der Waals surface area contributed by atoms with Crippen LogP contribution in [-0.2, 0) is 6.54 Å². The molecule has 0 aliphatic heterocycles. The van der Waals surface area contributed by atoms with Crippen LogP contribution in [0.3, 0.4) is 0 Å². The highest BCUT2D eigenvalue weighted by Gasteiger charge is 2.24. The van der Waals surface area contributed by atoms with Gasteiger partial charge in [-0.2, -0.15) is 4.98 Å². The summed E-state index contributed by atoms with van der Waals surface area (Å²) in [5, 5.41) is 20.0. The van der Waals surface area contributed by atoms with Crippen molar-refractivity contribution in [2.45, 2.75) is 26.3 Å². The second-order valence-corrected chi connectivity index (χ2v) is 5.46. The molecule has 1 aromatic carbocycles. The predicted molar refractivity (Wildman–Crippen MR) is 84.6 cm³/mol. The Balaban J connectivity index is 1.83. The molecule has 2 heterocycles. The van der Waals surface area contributed by atoms with Crippen LogP contribution in [0, 0.1) is 0 Å². The number of hydrogen-bond donors (Lipinski definition) is 2. The first-order valence-electron chi connectivity index (χ1n) is 7.41. The van der Waals surface area contributed by atoms with Gasteiger partial charge in [0.15, 0.2) is 23.0 Å². The fraction of sp³-hybridized carbons (Fsp3) is 0.250. The zero-order chi connectivity index (χ0) is 17.1. The third-order valence-electron chi connectivity index (χ3n) is 3.33.